The van der Waals surface area contributed by atoms with Crippen LogP contribution in [0.1, 0.15) is 67.2 Å². The molecule has 2 rings (SSSR count). The second kappa shape index (κ2) is 10.8. The van der Waals surface area contributed by atoms with Crippen LogP contribution in [-0.2, 0) is 23.9 Å². The third-order valence-electron chi connectivity index (χ3n) is 8.25. The Hall–Kier alpha value is -2.52. The highest BCUT2D eigenvalue weighted by Crippen LogP contribution is 2.61. The van der Waals surface area contributed by atoms with E-state index in [-0.39, 0.29) is 25.4 Å². The Balaban J connectivity index is 2.51. The van der Waals surface area contributed by atoms with Gasteiger partial charge in [0.25, 0.3) is 0 Å². The summed E-state index contributed by atoms with van der Waals surface area (Å²) in [5, 5.41) is 40.8. The zero-order valence-electron chi connectivity index (χ0n) is 22.0. The molecule has 2 saturated carbocycles. The number of Topliss-reactive ketones (excluding diaryl/α,β-unsaturated/α-hetero) is 1. The van der Waals surface area contributed by atoms with E-state index >= 15 is 0 Å². The van der Waals surface area contributed by atoms with Gasteiger partial charge in [-0.3, -0.25) is 14.4 Å². The van der Waals surface area contributed by atoms with Crippen LogP contribution in [0.4, 0.5) is 0 Å². The van der Waals surface area contributed by atoms with Crippen LogP contribution in [0.2, 0.25) is 0 Å². The van der Waals surface area contributed by atoms with Crippen LogP contribution in [0, 0.1) is 35.0 Å². The van der Waals surface area contributed by atoms with Crippen LogP contribution in [0.15, 0.2) is 24.0 Å². The first-order valence-corrected chi connectivity index (χ1v) is 12.4. The molecular formula is C27H40O9. The monoisotopic (exact) mass is 508 g/mol. The summed E-state index contributed by atoms with van der Waals surface area (Å²) in [5.41, 5.74) is -4.09. The average Bonchev–Trinajstić information content (AvgIpc) is 2.72. The van der Waals surface area contributed by atoms with Crippen LogP contribution in [-0.4, -0.2) is 61.7 Å². The first kappa shape index (κ1) is 29.7. The van der Waals surface area contributed by atoms with Crippen molar-refractivity contribution in [3.05, 3.63) is 24.0 Å². The van der Waals surface area contributed by atoms with E-state index in [9.17, 15) is 34.5 Å². The number of esters is 1. The summed E-state index contributed by atoms with van der Waals surface area (Å²) < 4.78 is 5.44. The van der Waals surface area contributed by atoms with Crippen molar-refractivity contribution in [3.63, 3.8) is 0 Å². The van der Waals surface area contributed by atoms with Gasteiger partial charge >= 0.3 is 11.9 Å². The largest absolute Gasteiger partial charge is 0.515 e. The third kappa shape index (κ3) is 5.72. The number of fused-ring (bicyclic) bond motifs is 1. The molecule has 202 valence electrons. The van der Waals surface area contributed by atoms with Gasteiger partial charge in [-0.15, -0.1) is 0 Å². The number of ether oxygens (including phenoxy) is 1. The molecule has 0 aromatic heterocycles. The molecule has 4 N–H and O–H groups in total. The summed E-state index contributed by atoms with van der Waals surface area (Å²) in [6.07, 6.45) is 3.21. The van der Waals surface area contributed by atoms with E-state index in [1.54, 1.807) is 13.8 Å². The quantitative estimate of drug-likeness (QED) is 0.209. The molecule has 0 radical (unpaired) electrons. The number of aliphatic carboxylic acids is 1. The van der Waals surface area contributed by atoms with E-state index in [0.29, 0.717) is 24.7 Å². The molecule has 0 aromatic carbocycles. The Morgan fingerprint density at radius 1 is 1.17 bits per heavy atom. The summed E-state index contributed by atoms with van der Waals surface area (Å²) in [5.74, 6) is -5.78. The molecular weight excluding hydrogens is 468 g/mol. The number of aliphatic hydroxyl groups excluding tert-OH is 1. The highest BCUT2D eigenvalue weighted by atomic mass is 16.5. The van der Waals surface area contributed by atoms with Crippen LogP contribution in [0.5, 0.6) is 0 Å². The van der Waals surface area contributed by atoms with Gasteiger partial charge in [-0.05, 0) is 57.8 Å². The van der Waals surface area contributed by atoms with Gasteiger partial charge in [0.05, 0.1) is 24.9 Å². The van der Waals surface area contributed by atoms with Gasteiger partial charge < -0.3 is 25.2 Å². The Labute approximate surface area is 212 Å². The summed E-state index contributed by atoms with van der Waals surface area (Å²) in [7, 11) is 0. The molecule has 0 amide bonds. The minimum Gasteiger partial charge on any atom is -0.515 e. The fourth-order valence-corrected chi connectivity index (χ4v) is 7.19. The minimum absolute atomic E-state index is 0.108. The van der Waals surface area contributed by atoms with Gasteiger partial charge in [0.15, 0.2) is 11.6 Å². The summed E-state index contributed by atoms with van der Waals surface area (Å²) >= 11 is 0. The number of carboxylic acid groups (broad SMARTS) is 1. The van der Waals surface area contributed by atoms with Gasteiger partial charge in [0.1, 0.15) is 5.60 Å². The number of hydrogen-bond donors (Lipinski definition) is 4. The van der Waals surface area contributed by atoms with Crippen molar-refractivity contribution in [1.82, 2.24) is 0 Å². The van der Waals surface area contributed by atoms with Crippen molar-refractivity contribution < 1.29 is 44.3 Å². The normalized spacial score (nSPS) is 37.9. The van der Waals surface area contributed by atoms with Gasteiger partial charge in [-0.1, -0.05) is 26.3 Å². The molecule has 0 bridgehead atoms. The molecule has 8 atom stereocenters. The Morgan fingerprint density at radius 2 is 1.78 bits per heavy atom. The van der Waals surface area contributed by atoms with E-state index in [2.05, 4.69) is 0 Å². The average molecular weight is 509 g/mol. The van der Waals surface area contributed by atoms with Gasteiger partial charge in [0, 0.05) is 29.4 Å². The fourth-order valence-electron chi connectivity index (χ4n) is 7.19. The van der Waals surface area contributed by atoms with Crippen molar-refractivity contribution in [3.8, 4) is 0 Å². The summed E-state index contributed by atoms with van der Waals surface area (Å²) in [4.78, 5) is 50.5. The molecule has 36 heavy (non-hydrogen) atoms. The summed E-state index contributed by atoms with van der Waals surface area (Å²) in [6, 6.07) is 0. The highest BCUT2D eigenvalue weighted by molar-refractivity contribution is 6.00. The maximum absolute atomic E-state index is 13.7. The van der Waals surface area contributed by atoms with Crippen molar-refractivity contribution in [2.45, 2.75) is 78.4 Å². The molecule has 1 unspecified atom stereocenters. The van der Waals surface area contributed by atoms with E-state index < -0.39 is 63.8 Å². The van der Waals surface area contributed by atoms with Crippen LogP contribution in [0.3, 0.4) is 0 Å². The third-order valence-corrected chi connectivity index (χ3v) is 8.25. The highest BCUT2D eigenvalue weighted by Gasteiger charge is 2.68. The molecule has 2 fully saturated rings. The lowest BCUT2D eigenvalue weighted by Gasteiger charge is -2.61. The minimum atomic E-state index is -1.96. The zero-order valence-corrected chi connectivity index (χ0v) is 22.0. The van der Waals surface area contributed by atoms with Crippen LogP contribution < -0.4 is 0 Å². The fraction of sp³-hybridized carbons (Fsp3) is 0.704. The second-order valence-electron chi connectivity index (χ2n) is 11.3. The predicted molar refractivity (Wildman–Crippen MR) is 131 cm³/mol. The lowest BCUT2D eigenvalue weighted by molar-refractivity contribution is -0.206. The van der Waals surface area contributed by atoms with E-state index in [0.717, 1.165) is 12.2 Å². The van der Waals surface area contributed by atoms with Crippen molar-refractivity contribution in [2.75, 3.05) is 6.61 Å². The molecule has 2 aliphatic rings. The lowest BCUT2D eigenvalue weighted by Crippen LogP contribution is -2.69. The van der Waals surface area contributed by atoms with Crippen molar-refractivity contribution >= 4 is 23.5 Å². The number of carbonyl (C=O) groups excluding carboxylic acids is 3. The maximum atomic E-state index is 13.7. The van der Waals surface area contributed by atoms with Crippen molar-refractivity contribution in [2.24, 2.45) is 35.0 Å². The van der Waals surface area contributed by atoms with Gasteiger partial charge in [0.2, 0.25) is 0 Å². The van der Waals surface area contributed by atoms with E-state index in [4.69, 9.17) is 9.84 Å². The molecule has 9 nitrogen and oxygen atoms in total. The zero-order chi connectivity index (χ0) is 27.6. The Kier molecular flexibility index (Phi) is 8.95. The number of allylic oxidation sites excluding steroid dienone is 1. The van der Waals surface area contributed by atoms with E-state index in [1.165, 1.54) is 13.8 Å². The second-order valence-corrected chi connectivity index (χ2v) is 11.3. The molecule has 9 heteroatoms. The van der Waals surface area contributed by atoms with Crippen molar-refractivity contribution in [1.29, 1.82) is 0 Å². The Morgan fingerprint density at radius 3 is 2.31 bits per heavy atom. The standard InChI is InChI=1S/C27H40O9/c1-7-17(14-36-21(32)11-15(2)10-20(30)31)23-26(5,19(29)8-9-28)22-16(3)12-25(4,34)13-18(22)24(33)27(23,6)35/h8-10,16-18,22-23,28,34-35H,7,11-14H2,1-6H3,(H,30,31)/b9-8-,15-10+/t16-,17+,18+,22?,23-,25-,26-,27+/m1/s1. The number of rotatable bonds is 9. The van der Waals surface area contributed by atoms with Crippen LogP contribution >= 0.6 is 0 Å². The number of carboxylic acids is 1. The first-order chi connectivity index (χ1) is 16.5. The van der Waals surface area contributed by atoms with Gasteiger partial charge in [-0.25, -0.2) is 4.79 Å². The maximum Gasteiger partial charge on any atom is 0.328 e. The number of aliphatic hydroxyl groups is 3. The molecule has 0 aromatic rings. The SMILES string of the molecule is CC[C@@H](COC(=O)C/C(C)=C/C(=O)O)[C@H]1[C@](C)(O)C(=O)[C@H]2C[C@](C)(O)C[C@@H](C)C2[C@@]1(C)C(=O)/C=C\O. The number of ketones is 2. The van der Waals surface area contributed by atoms with Crippen LogP contribution in [0.25, 0.3) is 0 Å². The smallest absolute Gasteiger partial charge is 0.328 e. The Bertz CT molecular complexity index is 945. The molecule has 0 aliphatic heterocycles. The molecule has 2 aliphatic carbocycles. The lowest BCUT2D eigenvalue weighted by atomic mass is 9.42. The number of hydrogen-bond acceptors (Lipinski definition) is 8. The predicted octanol–water partition coefficient (Wildman–Crippen LogP) is 2.99. The topological polar surface area (TPSA) is 158 Å². The molecule has 0 heterocycles. The van der Waals surface area contributed by atoms with E-state index in [1.807, 2.05) is 13.8 Å². The van der Waals surface area contributed by atoms with Gasteiger partial charge in [-0.2, -0.15) is 0 Å². The molecule has 0 saturated heterocycles. The number of carbonyl (C=O) groups is 4. The first-order valence-electron chi connectivity index (χ1n) is 12.4. The molecule has 0 spiro atoms. The summed E-state index contributed by atoms with van der Waals surface area (Å²) in [6.45, 7) is 9.72.